The zero-order valence-corrected chi connectivity index (χ0v) is 14.3. The van der Waals surface area contributed by atoms with Gasteiger partial charge in [-0.3, -0.25) is 4.79 Å². The van der Waals surface area contributed by atoms with Crippen LogP contribution >= 0.6 is 0 Å². The zero-order valence-electron chi connectivity index (χ0n) is 14.3. The molecule has 1 aliphatic heterocycles. The number of amides is 1. The first kappa shape index (κ1) is 16.2. The second-order valence-corrected chi connectivity index (χ2v) is 6.14. The minimum absolute atomic E-state index is 0.0828. The Kier molecular flexibility index (Phi) is 4.64. The molecule has 2 aromatic heterocycles. The van der Waals surface area contributed by atoms with Crippen molar-refractivity contribution in [3.05, 3.63) is 29.5 Å². The number of nitrogens with zero attached hydrogens (tertiary/aromatic N) is 5. The first-order valence-corrected chi connectivity index (χ1v) is 8.08. The lowest BCUT2D eigenvalue weighted by atomic mass is 10.1. The number of fused-ring (bicyclic) bond motifs is 1. The second kappa shape index (κ2) is 6.86. The van der Waals surface area contributed by atoms with E-state index in [2.05, 4.69) is 25.3 Å². The standard InChI is InChI=1S/C16H23N7O/c1-11(24)23-7-5-13-14(9-23)20-16(22(2)3)21-15(13)18-6-4-12-8-17-10-19-12/h8,10H,4-7,9H2,1-3H3,(H,17,19)(H,18,20,21). The van der Waals surface area contributed by atoms with Gasteiger partial charge in [0.1, 0.15) is 5.82 Å². The molecule has 0 saturated heterocycles. The summed E-state index contributed by atoms with van der Waals surface area (Å²) in [6.45, 7) is 3.61. The summed E-state index contributed by atoms with van der Waals surface area (Å²) in [5.41, 5.74) is 3.13. The first-order chi connectivity index (χ1) is 11.5. The Morgan fingerprint density at radius 3 is 2.92 bits per heavy atom. The van der Waals surface area contributed by atoms with Crippen LogP contribution in [0.3, 0.4) is 0 Å². The van der Waals surface area contributed by atoms with Crippen molar-refractivity contribution in [2.45, 2.75) is 26.3 Å². The second-order valence-electron chi connectivity index (χ2n) is 6.14. The van der Waals surface area contributed by atoms with Gasteiger partial charge in [0.25, 0.3) is 0 Å². The number of aromatic amines is 1. The average Bonchev–Trinajstić information content (AvgIpc) is 3.07. The van der Waals surface area contributed by atoms with E-state index in [1.807, 2.05) is 30.1 Å². The molecule has 2 N–H and O–H groups in total. The van der Waals surface area contributed by atoms with Crippen molar-refractivity contribution < 1.29 is 4.79 Å². The molecular formula is C16H23N7O. The van der Waals surface area contributed by atoms with Gasteiger partial charge >= 0.3 is 0 Å². The van der Waals surface area contributed by atoms with Gasteiger partial charge in [-0.15, -0.1) is 0 Å². The Morgan fingerprint density at radius 1 is 1.42 bits per heavy atom. The van der Waals surface area contributed by atoms with E-state index in [9.17, 15) is 4.79 Å². The van der Waals surface area contributed by atoms with Crippen molar-refractivity contribution in [3.8, 4) is 0 Å². The predicted octanol–water partition coefficient (Wildman–Crippen LogP) is 0.825. The minimum atomic E-state index is 0.0828. The zero-order chi connectivity index (χ0) is 17.1. The van der Waals surface area contributed by atoms with E-state index >= 15 is 0 Å². The van der Waals surface area contributed by atoms with Crippen LogP contribution in [-0.2, 0) is 24.2 Å². The summed E-state index contributed by atoms with van der Waals surface area (Å²) < 4.78 is 0. The Labute approximate surface area is 141 Å². The summed E-state index contributed by atoms with van der Waals surface area (Å²) in [4.78, 5) is 31.8. The smallest absolute Gasteiger partial charge is 0.227 e. The summed E-state index contributed by atoms with van der Waals surface area (Å²) in [6.07, 6.45) is 5.13. The molecule has 0 radical (unpaired) electrons. The molecule has 0 aliphatic carbocycles. The van der Waals surface area contributed by atoms with E-state index in [1.54, 1.807) is 13.3 Å². The molecule has 8 nitrogen and oxygen atoms in total. The van der Waals surface area contributed by atoms with Crippen LogP contribution in [0.15, 0.2) is 12.5 Å². The van der Waals surface area contributed by atoms with Crippen molar-refractivity contribution in [2.75, 3.05) is 37.4 Å². The highest BCUT2D eigenvalue weighted by molar-refractivity contribution is 5.73. The summed E-state index contributed by atoms with van der Waals surface area (Å²) in [5, 5.41) is 3.42. The molecule has 3 rings (SSSR count). The molecule has 128 valence electrons. The van der Waals surface area contributed by atoms with Crippen LogP contribution in [0.2, 0.25) is 0 Å². The van der Waals surface area contributed by atoms with E-state index < -0.39 is 0 Å². The molecule has 2 aromatic rings. The van der Waals surface area contributed by atoms with Crippen LogP contribution in [0.4, 0.5) is 11.8 Å². The van der Waals surface area contributed by atoms with E-state index in [4.69, 9.17) is 0 Å². The van der Waals surface area contributed by atoms with Crippen LogP contribution in [-0.4, -0.2) is 57.9 Å². The lowest BCUT2D eigenvalue weighted by Gasteiger charge is -2.29. The molecule has 0 bridgehead atoms. The van der Waals surface area contributed by atoms with Crippen molar-refractivity contribution >= 4 is 17.7 Å². The Morgan fingerprint density at radius 2 is 2.25 bits per heavy atom. The Bertz CT molecular complexity index is 711. The molecule has 0 aromatic carbocycles. The molecule has 24 heavy (non-hydrogen) atoms. The normalized spacial score (nSPS) is 13.5. The van der Waals surface area contributed by atoms with Gasteiger partial charge in [0.15, 0.2) is 0 Å². The summed E-state index contributed by atoms with van der Waals surface area (Å²) in [6, 6.07) is 0. The number of imidazole rings is 1. The van der Waals surface area contributed by atoms with E-state index in [0.717, 1.165) is 42.2 Å². The number of hydrogen-bond acceptors (Lipinski definition) is 6. The number of carbonyl (C=O) groups excluding carboxylic acids is 1. The Hall–Kier alpha value is -2.64. The minimum Gasteiger partial charge on any atom is -0.369 e. The molecule has 0 spiro atoms. The number of carbonyl (C=O) groups is 1. The summed E-state index contributed by atoms with van der Waals surface area (Å²) >= 11 is 0. The number of nitrogens with one attached hydrogen (secondary N) is 2. The molecule has 8 heteroatoms. The molecule has 3 heterocycles. The van der Waals surface area contributed by atoms with E-state index in [1.165, 1.54) is 0 Å². The van der Waals surface area contributed by atoms with Crippen molar-refractivity contribution in [1.82, 2.24) is 24.8 Å². The molecule has 0 saturated carbocycles. The fourth-order valence-corrected chi connectivity index (χ4v) is 2.77. The molecule has 1 aliphatic rings. The van der Waals surface area contributed by atoms with E-state index in [0.29, 0.717) is 19.0 Å². The van der Waals surface area contributed by atoms with Gasteiger partial charge < -0.3 is 20.1 Å². The van der Waals surface area contributed by atoms with Gasteiger partial charge in [-0.25, -0.2) is 9.97 Å². The highest BCUT2D eigenvalue weighted by atomic mass is 16.2. The van der Waals surface area contributed by atoms with Crippen LogP contribution < -0.4 is 10.2 Å². The van der Waals surface area contributed by atoms with Gasteiger partial charge in [0.2, 0.25) is 11.9 Å². The molecule has 0 fully saturated rings. The molecular weight excluding hydrogens is 306 g/mol. The summed E-state index contributed by atoms with van der Waals surface area (Å²) in [7, 11) is 3.84. The van der Waals surface area contributed by atoms with Crippen LogP contribution in [0.25, 0.3) is 0 Å². The van der Waals surface area contributed by atoms with Gasteiger partial charge in [0.05, 0.1) is 18.6 Å². The largest absolute Gasteiger partial charge is 0.369 e. The summed E-state index contributed by atoms with van der Waals surface area (Å²) in [5.74, 6) is 1.61. The van der Waals surface area contributed by atoms with Gasteiger partial charge in [-0.1, -0.05) is 0 Å². The Balaban J connectivity index is 1.80. The van der Waals surface area contributed by atoms with Crippen molar-refractivity contribution in [3.63, 3.8) is 0 Å². The van der Waals surface area contributed by atoms with E-state index in [-0.39, 0.29) is 5.91 Å². The number of hydrogen-bond donors (Lipinski definition) is 2. The molecule has 1 amide bonds. The van der Waals surface area contributed by atoms with Crippen molar-refractivity contribution in [2.24, 2.45) is 0 Å². The van der Waals surface area contributed by atoms with Crippen LogP contribution in [0.1, 0.15) is 23.9 Å². The number of aromatic nitrogens is 4. The lowest BCUT2D eigenvalue weighted by molar-refractivity contribution is -0.129. The average molecular weight is 329 g/mol. The molecule has 0 atom stereocenters. The predicted molar refractivity (Wildman–Crippen MR) is 91.9 cm³/mol. The topological polar surface area (TPSA) is 90.0 Å². The monoisotopic (exact) mass is 329 g/mol. The first-order valence-electron chi connectivity index (χ1n) is 8.08. The maximum absolute atomic E-state index is 11.7. The third-order valence-electron chi connectivity index (χ3n) is 4.14. The van der Waals surface area contributed by atoms with Gasteiger partial charge in [0, 0.05) is 58.0 Å². The maximum atomic E-state index is 11.7. The number of H-pyrrole nitrogens is 1. The molecule has 0 unspecified atom stereocenters. The van der Waals surface area contributed by atoms with Gasteiger partial charge in [-0.2, -0.15) is 4.98 Å². The third-order valence-corrected chi connectivity index (χ3v) is 4.14. The number of anilines is 2. The SMILES string of the molecule is CC(=O)N1CCc2c(nc(N(C)C)nc2NCCc2cnc[nH]2)C1. The maximum Gasteiger partial charge on any atom is 0.227 e. The quantitative estimate of drug-likeness (QED) is 0.844. The fourth-order valence-electron chi connectivity index (χ4n) is 2.77. The van der Waals surface area contributed by atoms with Crippen LogP contribution in [0, 0.1) is 0 Å². The van der Waals surface area contributed by atoms with Gasteiger partial charge in [-0.05, 0) is 6.42 Å². The lowest BCUT2D eigenvalue weighted by Crippen LogP contribution is -2.36. The van der Waals surface area contributed by atoms with Crippen LogP contribution in [0.5, 0.6) is 0 Å². The third kappa shape index (κ3) is 3.47. The highest BCUT2D eigenvalue weighted by Crippen LogP contribution is 2.25. The fraction of sp³-hybridized carbons (Fsp3) is 0.500. The van der Waals surface area contributed by atoms with Crippen molar-refractivity contribution in [1.29, 1.82) is 0 Å². The number of rotatable bonds is 5. The highest BCUT2D eigenvalue weighted by Gasteiger charge is 2.24.